The van der Waals surface area contributed by atoms with Crippen molar-refractivity contribution in [2.75, 3.05) is 19.0 Å². The summed E-state index contributed by atoms with van der Waals surface area (Å²) in [7, 11) is 1.24. The Balaban J connectivity index is 1.70. The van der Waals surface area contributed by atoms with Gasteiger partial charge in [0.15, 0.2) is 0 Å². The molecule has 0 saturated heterocycles. The molecule has 0 aliphatic rings. The first-order chi connectivity index (χ1) is 17.5. The Kier molecular flexibility index (Phi) is 8.38. The average Bonchev–Trinajstić information content (AvgIpc) is 2.84. The summed E-state index contributed by atoms with van der Waals surface area (Å²) in [6, 6.07) is 14.8. The van der Waals surface area contributed by atoms with E-state index < -0.39 is 42.5 Å². The highest BCUT2D eigenvalue weighted by molar-refractivity contribution is 5.97. The molecule has 3 aromatic rings. The van der Waals surface area contributed by atoms with E-state index in [0.717, 1.165) is 11.0 Å². The first kappa shape index (κ1) is 27.1. The first-order valence-corrected chi connectivity index (χ1v) is 10.9. The van der Waals surface area contributed by atoms with E-state index in [0.29, 0.717) is 5.56 Å². The number of anilines is 1. The van der Waals surface area contributed by atoms with Gasteiger partial charge in [0.1, 0.15) is 18.0 Å². The number of benzene rings is 3. The number of nitrogens with one attached hydrogen (secondary N) is 1. The van der Waals surface area contributed by atoms with Crippen molar-refractivity contribution in [3.8, 4) is 11.5 Å². The van der Waals surface area contributed by atoms with Crippen LogP contribution in [0.4, 0.5) is 18.9 Å². The van der Waals surface area contributed by atoms with E-state index in [-0.39, 0.29) is 34.9 Å². The molecule has 0 atom stereocenters. The number of alkyl halides is 3. The van der Waals surface area contributed by atoms with Crippen molar-refractivity contribution in [3.63, 3.8) is 0 Å². The van der Waals surface area contributed by atoms with E-state index in [1.54, 1.807) is 12.1 Å². The van der Waals surface area contributed by atoms with Gasteiger partial charge in [-0.05, 0) is 59.7 Å². The van der Waals surface area contributed by atoms with Gasteiger partial charge in [-0.3, -0.25) is 14.4 Å². The summed E-state index contributed by atoms with van der Waals surface area (Å²) in [5.41, 5.74) is -0.209. The van der Waals surface area contributed by atoms with Crippen molar-refractivity contribution < 1.29 is 42.5 Å². The maximum atomic E-state index is 13.4. The van der Waals surface area contributed by atoms with E-state index in [2.05, 4.69) is 5.32 Å². The molecule has 194 valence electrons. The predicted octanol–water partition coefficient (Wildman–Crippen LogP) is 4.33. The van der Waals surface area contributed by atoms with Gasteiger partial charge < -0.3 is 25.2 Å². The number of aliphatic carboxylic acids is 1. The van der Waals surface area contributed by atoms with Crippen LogP contribution in [0, 0.1) is 0 Å². The van der Waals surface area contributed by atoms with Gasteiger partial charge in [-0.1, -0.05) is 18.2 Å². The van der Waals surface area contributed by atoms with Crippen molar-refractivity contribution in [1.82, 2.24) is 4.90 Å². The van der Waals surface area contributed by atoms with E-state index in [1.165, 1.54) is 55.6 Å². The number of ether oxygens (including phenoxy) is 1. The van der Waals surface area contributed by atoms with Crippen LogP contribution in [0.15, 0.2) is 66.7 Å². The zero-order valence-corrected chi connectivity index (χ0v) is 19.6. The fraction of sp³-hybridized carbons (Fsp3) is 0.192. The van der Waals surface area contributed by atoms with E-state index in [9.17, 15) is 37.8 Å². The molecule has 0 heterocycles. The molecule has 0 aliphatic heterocycles. The number of hydrogen-bond donors (Lipinski definition) is 3. The maximum absolute atomic E-state index is 13.4. The first-order valence-electron chi connectivity index (χ1n) is 10.9. The molecule has 0 bridgehead atoms. The number of rotatable bonds is 9. The van der Waals surface area contributed by atoms with Crippen LogP contribution in [0.5, 0.6) is 11.5 Å². The Labute approximate surface area is 209 Å². The second-order valence-corrected chi connectivity index (χ2v) is 8.04. The van der Waals surface area contributed by atoms with Gasteiger partial charge in [0.05, 0.1) is 19.1 Å². The number of carboxylic acid groups (broad SMARTS) is 1. The highest BCUT2D eigenvalue weighted by Crippen LogP contribution is 2.34. The minimum Gasteiger partial charge on any atom is -0.508 e. The molecule has 3 N–H and O–H groups in total. The quantitative estimate of drug-likeness (QED) is 0.390. The molecule has 0 fully saturated rings. The number of carbonyl (C=O) groups is 3. The lowest BCUT2D eigenvalue weighted by Gasteiger charge is -2.21. The molecule has 11 heteroatoms. The highest BCUT2D eigenvalue weighted by Gasteiger charge is 2.34. The van der Waals surface area contributed by atoms with Gasteiger partial charge in [0.2, 0.25) is 5.91 Å². The summed E-state index contributed by atoms with van der Waals surface area (Å²) in [6.07, 6.45) is -5.22. The highest BCUT2D eigenvalue weighted by atomic mass is 19.4. The van der Waals surface area contributed by atoms with Gasteiger partial charge in [0, 0.05) is 17.8 Å². The van der Waals surface area contributed by atoms with Crippen LogP contribution in [0.25, 0.3) is 0 Å². The third-order valence-corrected chi connectivity index (χ3v) is 5.31. The molecular formula is C26H23F3N2O6. The Bertz CT molecular complexity index is 1270. The Morgan fingerprint density at radius 1 is 0.973 bits per heavy atom. The van der Waals surface area contributed by atoms with Crippen LogP contribution in [0.1, 0.15) is 27.0 Å². The number of methoxy groups -OCH3 is 1. The van der Waals surface area contributed by atoms with Crippen LogP contribution in [-0.2, 0) is 28.7 Å². The number of phenolic OH excluding ortho intramolecular Hbond substituents is 1. The number of carboxylic acids is 1. The largest absolute Gasteiger partial charge is 0.508 e. The molecule has 3 rings (SSSR count). The minimum absolute atomic E-state index is 0.0130. The summed E-state index contributed by atoms with van der Waals surface area (Å²) in [5.74, 6) is -2.46. The molecule has 0 spiro atoms. The van der Waals surface area contributed by atoms with Crippen molar-refractivity contribution in [2.24, 2.45) is 0 Å². The van der Waals surface area contributed by atoms with E-state index >= 15 is 0 Å². The van der Waals surface area contributed by atoms with Crippen molar-refractivity contribution >= 4 is 23.5 Å². The van der Waals surface area contributed by atoms with Crippen molar-refractivity contribution in [1.29, 1.82) is 0 Å². The maximum Gasteiger partial charge on any atom is 0.416 e. The number of hydrogen-bond acceptors (Lipinski definition) is 5. The third-order valence-electron chi connectivity index (χ3n) is 5.31. The second-order valence-electron chi connectivity index (χ2n) is 8.04. The molecule has 0 saturated carbocycles. The van der Waals surface area contributed by atoms with Gasteiger partial charge in [-0.2, -0.15) is 13.2 Å². The van der Waals surface area contributed by atoms with Crippen molar-refractivity contribution in [2.45, 2.75) is 19.1 Å². The normalized spacial score (nSPS) is 11.0. The summed E-state index contributed by atoms with van der Waals surface area (Å²) in [4.78, 5) is 37.7. The third kappa shape index (κ3) is 7.47. The van der Waals surface area contributed by atoms with Gasteiger partial charge in [0.25, 0.3) is 5.91 Å². The SMILES string of the molecule is COc1ccc(CC(=O)Nc2ccc(C(=O)N(CC(=O)O)Cc3ccc(O)cc3)cc2)c(C(F)(F)F)c1. The van der Waals surface area contributed by atoms with Crippen LogP contribution < -0.4 is 10.1 Å². The van der Waals surface area contributed by atoms with Gasteiger partial charge >= 0.3 is 12.1 Å². The standard InChI is InChI=1S/C26H23F3N2O6/c1-37-21-11-6-18(22(13-21)26(27,28)29)12-23(33)30-19-7-4-17(5-8-19)25(36)31(15-24(34)35)14-16-2-9-20(32)10-3-16/h2-11,13,32H,12,14-15H2,1H3,(H,30,33)(H,34,35). The van der Waals surface area contributed by atoms with Crippen molar-refractivity contribution in [3.05, 3.63) is 89.0 Å². The number of phenols is 1. The fourth-order valence-corrected chi connectivity index (χ4v) is 3.54. The number of nitrogens with zero attached hydrogens (tertiary/aromatic N) is 1. The van der Waals surface area contributed by atoms with Crippen LogP contribution >= 0.6 is 0 Å². The molecule has 0 aliphatic carbocycles. The fourth-order valence-electron chi connectivity index (χ4n) is 3.54. The lowest BCUT2D eigenvalue weighted by atomic mass is 10.0. The van der Waals surface area contributed by atoms with Gasteiger partial charge in [-0.25, -0.2) is 0 Å². The molecule has 0 aromatic heterocycles. The average molecular weight is 516 g/mol. The molecule has 0 unspecified atom stereocenters. The van der Waals surface area contributed by atoms with Gasteiger partial charge in [-0.15, -0.1) is 0 Å². The Morgan fingerprint density at radius 3 is 2.19 bits per heavy atom. The molecule has 2 amide bonds. The number of aromatic hydroxyl groups is 1. The zero-order valence-electron chi connectivity index (χ0n) is 19.6. The zero-order chi connectivity index (χ0) is 27.2. The summed E-state index contributed by atoms with van der Waals surface area (Å²) < 4.78 is 45.0. The molecule has 0 radical (unpaired) electrons. The number of amides is 2. The predicted molar refractivity (Wildman–Crippen MR) is 127 cm³/mol. The minimum atomic E-state index is -4.67. The number of halogens is 3. The smallest absolute Gasteiger partial charge is 0.416 e. The van der Waals surface area contributed by atoms with Crippen LogP contribution in [0.3, 0.4) is 0 Å². The number of carbonyl (C=O) groups excluding carboxylic acids is 2. The lowest BCUT2D eigenvalue weighted by molar-refractivity contribution is -0.139. The summed E-state index contributed by atoms with van der Waals surface area (Å²) >= 11 is 0. The van der Waals surface area contributed by atoms with Crippen LogP contribution in [0.2, 0.25) is 0 Å². The van der Waals surface area contributed by atoms with Crippen LogP contribution in [-0.4, -0.2) is 46.6 Å². The molecule has 8 nitrogen and oxygen atoms in total. The topological polar surface area (TPSA) is 116 Å². The molecular weight excluding hydrogens is 493 g/mol. The summed E-state index contributed by atoms with van der Waals surface area (Å²) in [6.45, 7) is -0.588. The Hall–Kier alpha value is -4.54. The summed E-state index contributed by atoms with van der Waals surface area (Å²) in [5, 5.41) is 21.1. The van der Waals surface area contributed by atoms with E-state index in [1.807, 2.05) is 0 Å². The molecule has 3 aromatic carbocycles. The Morgan fingerprint density at radius 2 is 1.62 bits per heavy atom. The van der Waals surface area contributed by atoms with E-state index in [4.69, 9.17) is 4.74 Å². The monoisotopic (exact) mass is 516 g/mol. The molecule has 37 heavy (non-hydrogen) atoms. The lowest BCUT2D eigenvalue weighted by Crippen LogP contribution is -2.35. The second kappa shape index (κ2) is 11.5.